The first-order valence-corrected chi connectivity index (χ1v) is 12.5. The second kappa shape index (κ2) is 7.24. The number of fused-ring (bicyclic) bond motifs is 4. The minimum absolute atomic E-state index is 0.195. The van der Waals surface area contributed by atoms with Crippen LogP contribution in [0.15, 0.2) is 30.3 Å². The van der Waals surface area contributed by atoms with Crippen LogP contribution in [0.5, 0.6) is 0 Å². The molecule has 1 spiro atoms. The third-order valence-corrected chi connectivity index (χ3v) is 8.82. The number of rotatable bonds is 2. The number of benzene rings is 1. The van der Waals surface area contributed by atoms with Crippen LogP contribution in [-0.4, -0.2) is 72.2 Å². The van der Waals surface area contributed by atoms with E-state index in [4.69, 9.17) is 0 Å². The van der Waals surface area contributed by atoms with Gasteiger partial charge in [-0.25, -0.2) is 0 Å². The van der Waals surface area contributed by atoms with Gasteiger partial charge in [-0.05, 0) is 54.5 Å². The molecule has 5 aliphatic rings. The Bertz CT molecular complexity index is 1100. The molecule has 4 aliphatic heterocycles. The number of nitrogens with one attached hydrogen (secondary N) is 1. The Labute approximate surface area is 195 Å². The highest BCUT2D eigenvalue weighted by Crippen LogP contribution is 2.52. The van der Waals surface area contributed by atoms with Crippen LogP contribution in [0.1, 0.15) is 41.3 Å². The van der Waals surface area contributed by atoms with Crippen molar-refractivity contribution in [3.63, 3.8) is 0 Å². The van der Waals surface area contributed by atoms with E-state index in [1.165, 1.54) is 37.1 Å². The molecule has 3 atom stereocenters. The van der Waals surface area contributed by atoms with Crippen molar-refractivity contribution in [1.29, 1.82) is 0 Å². The largest absolute Gasteiger partial charge is 0.354 e. The lowest BCUT2D eigenvalue weighted by atomic mass is 9.83. The zero-order chi connectivity index (χ0) is 22.2. The number of likely N-dealkylation sites (tertiary alicyclic amines) is 1. The summed E-state index contributed by atoms with van der Waals surface area (Å²) in [5.74, 6) is 2.65. The number of carbonyl (C=O) groups excluding carboxylic acids is 1. The number of aromatic nitrogens is 2. The number of carbonyl (C=O) groups is 1. The molecule has 2 aromatic rings. The van der Waals surface area contributed by atoms with E-state index in [0.717, 1.165) is 55.0 Å². The summed E-state index contributed by atoms with van der Waals surface area (Å²) in [6.45, 7) is 6.74. The van der Waals surface area contributed by atoms with Crippen LogP contribution < -0.4 is 10.2 Å². The van der Waals surface area contributed by atoms with Gasteiger partial charge in [-0.3, -0.25) is 4.79 Å². The second-order valence-corrected chi connectivity index (χ2v) is 11.0. The van der Waals surface area contributed by atoms with E-state index in [1.54, 1.807) is 0 Å². The summed E-state index contributed by atoms with van der Waals surface area (Å²) in [6, 6.07) is 10.5. The third-order valence-electron chi connectivity index (χ3n) is 8.82. The first kappa shape index (κ1) is 19.9. The Hall–Kier alpha value is -2.51. The van der Waals surface area contributed by atoms with Crippen molar-refractivity contribution >= 4 is 11.7 Å². The van der Waals surface area contributed by atoms with E-state index in [2.05, 4.69) is 62.7 Å². The SMILES string of the molecule is CN1C[C@@H]2CN(c3cc4c(nn3)CCN(C(=O)C3NCC5(CC5)c5ccccc53)C4)C[C@@H]2C1. The van der Waals surface area contributed by atoms with E-state index < -0.39 is 0 Å². The van der Waals surface area contributed by atoms with Crippen molar-refractivity contribution < 1.29 is 4.79 Å². The van der Waals surface area contributed by atoms with E-state index >= 15 is 0 Å². The quantitative estimate of drug-likeness (QED) is 0.761. The molecule has 1 N–H and O–H groups in total. The predicted molar refractivity (Wildman–Crippen MR) is 126 cm³/mol. The lowest BCUT2D eigenvalue weighted by Crippen LogP contribution is -2.48. The van der Waals surface area contributed by atoms with Gasteiger partial charge in [0.1, 0.15) is 6.04 Å². The molecule has 2 saturated heterocycles. The minimum atomic E-state index is -0.238. The Morgan fingerprint density at radius 1 is 1.09 bits per heavy atom. The summed E-state index contributed by atoms with van der Waals surface area (Å²) in [5, 5.41) is 12.8. The van der Waals surface area contributed by atoms with Crippen LogP contribution >= 0.6 is 0 Å². The predicted octanol–water partition coefficient (Wildman–Crippen LogP) is 1.74. The number of hydrogen-bond donors (Lipinski definition) is 1. The first-order valence-electron chi connectivity index (χ1n) is 12.5. The topological polar surface area (TPSA) is 64.6 Å². The summed E-state index contributed by atoms with van der Waals surface area (Å²) in [7, 11) is 2.22. The van der Waals surface area contributed by atoms with Crippen molar-refractivity contribution in [2.24, 2.45) is 11.8 Å². The van der Waals surface area contributed by atoms with Crippen molar-refractivity contribution in [2.75, 3.05) is 51.2 Å². The number of amides is 1. The molecule has 5 heterocycles. The van der Waals surface area contributed by atoms with Crippen LogP contribution in [0, 0.1) is 11.8 Å². The zero-order valence-electron chi connectivity index (χ0n) is 19.3. The van der Waals surface area contributed by atoms with E-state index in [1.807, 2.05) is 4.90 Å². The van der Waals surface area contributed by atoms with Crippen LogP contribution in [0.25, 0.3) is 0 Å². The lowest BCUT2D eigenvalue weighted by molar-refractivity contribution is -0.134. The van der Waals surface area contributed by atoms with Gasteiger partial charge in [-0.1, -0.05) is 24.3 Å². The average Bonchev–Trinajstić information content (AvgIpc) is 3.37. The van der Waals surface area contributed by atoms with Gasteiger partial charge in [0.15, 0.2) is 5.82 Å². The van der Waals surface area contributed by atoms with E-state index in [-0.39, 0.29) is 17.4 Å². The molecule has 1 aliphatic carbocycles. The van der Waals surface area contributed by atoms with Gasteiger partial charge in [-0.15, -0.1) is 5.10 Å². The van der Waals surface area contributed by atoms with E-state index in [0.29, 0.717) is 13.1 Å². The van der Waals surface area contributed by atoms with Crippen LogP contribution in [-0.2, 0) is 23.2 Å². The van der Waals surface area contributed by atoms with Crippen molar-refractivity contribution in [3.8, 4) is 0 Å². The maximum Gasteiger partial charge on any atom is 0.244 e. The second-order valence-electron chi connectivity index (χ2n) is 11.0. The fourth-order valence-electron chi connectivity index (χ4n) is 6.81. The molecule has 33 heavy (non-hydrogen) atoms. The molecule has 1 amide bonds. The molecule has 1 aromatic carbocycles. The van der Waals surface area contributed by atoms with Crippen LogP contribution in [0.4, 0.5) is 5.82 Å². The van der Waals surface area contributed by atoms with Crippen molar-refractivity contribution in [2.45, 2.75) is 37.3 Å². The van der Waals surface area contributed by atoms with Gasteiger partial charge in [0, 0.05) is 57.6 Å². The van der Waals surface area contributed by atoms with Gasteiger partial charge in [0.2, 0.25) is 5.91 Å². The van der Waals surface area contributed by atoms with Gasteiger partial charge in [0.05, 0.1) is 5.69 Å². The van der Waals surface area contributed by atoms with Crippen molar-refractivity contribution in [1.82, 2.24) is 25.3 Å². The highest BCUT2D eigenvalue weighted by Gasteiger charge is 2.50. The molecule has 0 radical (unpaired) electrons. The molecular formula is C26H32N6O. The summed E-state index contributed by atoms with van der Waals surface area (Å²) in [5.41, 5.74) is 5.05. The van der Waals surface area contributed by atoms with Gasteiger partial charge < -0.3 is 20.0 Å². The maximum absolute atomic E-state index is 13.7. The van der Waals surface area contributed by atoms with Gasteiger partial charge in [-0.2, -0.15) is 5.10 Å². The smallest absolute Gasteiger partial charge is 0.244 e. The Kier molecular flexibility index (Phi) is 4.37. The summed E-state index contributed by atoms with van der Waals surface area (Å²) >= 11 is 0. The lowest BCUT2D eigenvalue weighted by Gasteiger charge is -2.37. The number of hydrogen-bond acceptors (Lipinski definition) is 6. The maximum atomic E-state index is 13.7. The van der Waals surface area contributed by atoms with Gasteiger partial charge >= 0.3 is 0 Å². The molecule has 7 nitrogen and oxygen atoms in total. The van der Waals surface area contributed by atoms with Crippen molar-refractivity contribution in [3.05, 3.63) is 52.7 Å². The van der Waals surface area contributed by atoms with Gasteiger partial charge in [0.25, 0.3) is 0 Å². The minimum Gasteiger partial charge on any atom is -0.354 e. The Morgan fingerprint density at radius 3 is 2.67 bits per heavy atom. The molecule has 1 unspecified atom stereocenters. The third kappa shape index (κ3) is 3.20. The summed E-state index contributed by atoms with van der Waals surface area (Å²) < 4.78 is 0. The molecule has 172 valence electrons. The highest BCUT2D eigenvalue weighted by molar-refractivity contribution is 5.84. The number of nitrogens with zero attached hydrogens (tertiary/aromatic N) is 5. The Balaban J connectivity index is 1.10. The highest BCUT2D eigenvalue weighted by atomic mass is 16.2. The van der Waals surface area contributed by atoms with Crippen LogP contribution in [0.2, 0.25) is 0 Å². The molecule has 7 heteroatoms. The average molecular weight is 445 g/mol. The normalized spacial score (nSPS) is 29.7. The summed E-state index contributed by atoms with van der Waals surface area (Å²) in [6.07, 6.45) is 3.23. The zero-order valence-corrected chi connectivity index (χ0v) is 19.3. The molecular weight excluding hydrogens is 412 g/mol. The molecule has 3 fully saturated rings. The number of anilines is 1. The standard InChI is InChI=1S/C26H32N6O/c1-30-11-18-14-32(15-19(18)12-30)23-10-17-13-31(9-6-22(17)28-29-23)25(33)24-20-4-2-3-5-21(20)26(7-8-26)16-27-24/h2-5,10,18-19,24,27H,6-9,11-16H2,1H3/t18-,19+,24?. The molecule has 1 saturated carbocycles. The van der Waals surface area contributed by atoms with Crippen LogP contribution in [0.3, 0.4) is 0 Å². The fourth-order valence-corrected chi connectivity index (χ4v) is 6.81. The van der Waals surface area contributed by atoms with E-state index in [9.17, 15) is 4.79 Å². The molecule has 0 bridgehead atoms. The summed E-state index contributed by atoms with van der Waals surface area (Å²) in [4.78, 5) is 20.6. The fraction of sp³-hybridized carbons (Fsp3) is 0.577. The molecule has 7 rings (SSSR count). The monoisotopic (exact) mass is 444 g/mol. The Morgan fingerprint density at radius 2 is 1.88 bits per heavy atom. The first-order chi connectivity index (χ1) is 16.1. The molecule has 1 aromatic heterocycles.